The van der Waals surface area contributed by atoms with E-state index in [1.807, 2.05) is 43.3 Å². The molecule has 0 radical (unpaired) electrons. The lowest BCUT2D eigenvalue weighted by Crippen LogP contribution is -2.13. The molecule has 4 rings (SSSR count). The quantitative estimate of drug-likeness (QED) is 0.221. The number of hydrogen-bond donors (Lipinski definition) is 1. The van der Waals surface area contributed by atoms with Crippen molar-refractivity contribution in [1.82, 2.24) is 0 Å². The SMILES string of the molecule is Cc1c(C(=O)c2ccccc2)sc(SCc2ccccc2)c1C(=O)Nc1ccc(Cl)cc1. The lowest BCUT2D eigenvalue weighted by Gasteiger charge is -2.08. The van der Waals surface area contributed by atoms with E-state index in [1.54, 1.807) is 48.2 Å². The molecule has 3 aromatic carbocycles. The summed E-state index contributed by atoms with van der Waals surface area (Å²) in [5, 5.41) is 3.54. The highest BCUT2D eigenvalue weighted by Gasteiger charge is 2.25. The second kappa shape index (κ2) is 10.2. The standard InChI is InChI=1S/C26H20ClNO2S2/c1-17-22(25(30)28-21-14-12-20(27)13-15-21)26(31-16-18-8-4-2-5-9-18)32-24(17)23(29)19-10-6-3-7-11-19/h2-15H,16H2,1H3,(H,28,30). The summed E-state index contributed by atoms with van der Waals surface area (Å²) >= 11 is 8.91. The van der Waals surface area contributed by atoms with Crippen molar-refractivity contribution in [2.45, 2.75) is 16.9 Å². The third kappa shape index (κ3) is 5.13. The second-order valence-corrected chi connectivity index (χ2v) is 9.85. The van der Waals surface area contributed by atoms with Crippen LogP contribution in [0.4, 0.5) is 5.69 Å². The molecule has 1 N–H and O–H groups in total. The van der Waals surface area contributed by atoms with E-state index in [-0.39, 0.29) is 11.7 Å². The molecule has 6 heteroatoms. The van der Waals surface area contributed by atoms with Crippen LogP contribution in [0.5, 0.6) is 0 Å². The number of hydrogen-bond acceptors (Lipinski definition) is 4. The first-order valence-corrected chi connectivity index (χ1v) is 12.2. The van der Waals surface area contributed by atoms with E-state index < -0.39 is 0 Å². The fraction of sp³-hybridized carbons (Fsp3) is 0.0769. The molecule has 1 heterocycles. The van der Waals surface area contributed by atoms with Crippen molar-refractivity contribution < 1.29 is 9.59 Å². The number of halogens is 1. The van der Waals surface area contributed by atoms with Crippen LogP contribution in [-0.4, -0.2) is 11.7 Å². The minimum absolute atomic E-state index is 0.0693. The van der Waals surface area contributed by atoms with Gasteiger partial charge in [-0.3, -0.25) is 9.59 Å². The third-order valence-electron chi connectivity index (χ3n) is 4.90. The van der Waals surface area contributed by atoms with Gasteiger partial charge >= 0.3 is 0 Å². The van der Waals surface area contributed by atoms with Crippen LogP contribution >= 0.6 is 34.7 Å². The lowest BCUT2D eigenvalue weighted by molar-refractivity contribution is 0.102. The van der Waals surface area contributed by atoms with E-state index in [4.69, 9.17) is 11.6 Å². The second-order valence-electron chi connectivity index (χ2n) is 7.15. The maximum Gasteiger partial charge on any atom is 0.257 e. The molecule has 0 aliphatic carbocycles. The zero-order chi connectivity index (χ0) is 22.5. The topological polar surface area (TPSA) is 46.2 Å². The van der Waals surface area contributed by atoms with Crippen LogP contribution in [0.25, 0.3) is 0 Å². The van der Waals surface area contributed by atoms with Crippen molar-refractivity contribution in [3.63, 3.8) is 0 Å². The predicted molar refractivity (Wildman–Crippen MR) is 134 cm³/mol. The Morgan fingerprint density at radius 2 is 1.53 bits per heavy atom. The Hall–Kier alpha value is -2.86. The molecule has 4 aromatic rings. The van der Waals surface area contributed by atoms with Crippen LogP contribution < -0.4 is 5.32 Å². The summed E-state index contributed by atoms with van der Waals surface area (Å²) in [4.78, 5) is 27.0. The van der Waals surface area contributed by atoms with E-state index in [0.717, 1.165) is 9.77 Å². The Kier molecular flexibility index (Phi) is 7.10. The molecule has 1 amide bonds. The normalized spacial score (nSPS) is 10.7. The molecule has 0 saturated carbocycles. The van der Waals surface area contributed by atoms with Crippen LogP contribution in [0.15, 0.2) is 89.1 Å². The largest absolute Gasteiger partial charge is 0.322 e. The molecule has 0 spiro atoms. The molecule has 160 valence electrons. The molecule has 0 aliphatic rings. The molecule has 1 aromatic heterocycles. The van der Waals surface area contributed by atoms with Crippen LogP contribution in [0.2, 0.25) is 5.02 Å². The van der Waals surface area contributed by atoms with Gasteiger partial charge in [-0.15, -0.1) is 23.1 Å². The van der Waals surface area contributed by atoms with Crippen LogP contribution in [0.1, 0.15) is 36.7 Å². The van der Waals surface area contributed by atoms with Gasteiger partial charge in [0.25, 0.3) is 5.91 Å². The van der Waals surface area contributed by atoms with E-state index in [2.05, 4.69) is 17.4 Å². The number of ketones is 1. The Morgan fingerprint density at radius 3 is 2.19 bits per heavy atom. The highest BCUT2D eigenvalue weighted by Crippen LogP contribution is 2.39. The molecule has 3 nitrogen and oxygen atoms in total. The number of benzene rings is 3. The number of amides is 1. The van der Waals surface area contributed by atoms with Gasteiger partial charge in [0.2, 0.25) is 5.78 Å². The molecule has 0 bridgehead atoms. The Balaban J connectivity index is 1.68. The molecule has 0 saturated heterocycles. The molecule has 0 aliphatic heterocycles. The number of anilines is 1. The Bertz CT molecular complexity index is 1240. The van der Waals surface area contributed by atoms with Gasteiger partial charge in [0, 0.05) is 22.0 Å². The minimum Gasteiger partial charge on any atom is -0.322 e. The first kappa shape index (κ1) is 22.3. The maximum absolute atomic E-state index is 13.3. The summed E-state index contributed by atoms with van der Waals surface area (Å²) in [7, 11) is 0. The summed E-state index contributed by atoms with van der Waals surface area (Å²) in [6, 6.07) is 26.2. The highest BCUT2D eigenvalue weighted by atomic mass is 35.5. The van der Waals surface area contributed by atoms with E-state index in [0.29, 0.717) is 38.0 Å². The number of thioether (sulfide) groups is 1. The van der Waals surface area contributed by atoms with Crippen LogP contribution in [0, 0.1) is 6.92 Å². The van der Waals surface area contributed by atoms with Gasteiger partial charge < -0.3 is 5.32 Å². The summed E-state index contributed by atoms with van der Waals surface area (Å²) < 4.78 is 0.831. The van der Waals surface area contributed by atoms with Crippen LogP contribution in [0.3, 0.4) is 0 Å². The average Bonchev–Trinajstić information content (AvgIpc) is 3.16. The molecule has 0 unspecified atom stereocenters. The fourth-order valence-corrected chi connectivity index (χ4v) is 5.91. The van der Waals surface area contributed by atoms with E-state index in [9.17, 15) is 9.59 Å². The molecule has 0 fully saturated rings. The number of thiophene rings is 1. The Labute approximate surface area is 200 Å². The minimum atomic E-state index is -0.233. The van der Waals surface area contributed by atoms with Crippen molar-refractivity contribution in [3.8, 4) is 0 Å². The first-order valence-electron chi connectivity index (χ1n) is 9.99. The smallest absolute Gasteiger partial charge is 0.257 e. The van der Waals surface area contributed by atoms with Gasteiger partial charge in [-0.1, -0.05) is 72.3 Å². The zero-order valence-corrected chi connectivity index (χ0v) is 19.7. The molecule has 32 heavy (non-hydrogen) atoms. The number of carbonyl (C=O) groups excluding carboxylic acids is 2. The summed E-state index contributed by atoms with van der Waals surface area (Å²) in [5.74, 6) is 0.407. The van der Waals surface area contributed by atoms with Gasteiger partial charge in [-0.25, -0.2) is 0 Å². The maximum atomic E-state index is 13.3. The van der Waals surface area contributed by atoms with Gasteiger partial charge in [0.15, 0.2) is 0 Å². The number of rotatable bonds is 7. The first-order chi connectivity index (χ1) is 15.5. The summed E-state index contributed by atoms with van der Waals surface area (Å²) in [5.41, 5.74) is 3.67. The highest BCUT2D eigenvalue weighted by molar-refractivity contribution is 8.00. The van der Waals surface area contributed by atoms with Crippen molar-refractivity contribution in [2.75, 3.05) is 5.32 Å². The zero-order valence-electron chi connectivity index (χ0n) is 17.3. The summed E-state index contributed by atoms with van der Waals surface area (Å²) in [6.07, 6.45) is 0. The van der Waals surface area contributed by atoms with Gasteiger partial charge in [0.1, 0.15) is 0 Å². The Morgan fingerprint density at radius 1 is 0.906 bits per heavy atom. The molecular weight excluding hydrogens is 458 g/mol. The number of carbonyl (C=O) groups is 2. The van der Waals surface area contributed by atoms with Gasteiger partial charge in [-0.05, 0) is 42.3 Å². The lowest BCUT2D eigenvalue weighted by atomic mass is 10.0. The monoisotopic (exact) mass is 477 g/mol. The summed E-state index contributed by atoms with van der Waals surface area (Å²) in [6.45, 7) is 1.84. The van der Waals surface area contributed by atoms with Crippen molar-refractivity contribution >= 4 is 52.1 Å². The van der Waals surface area contributed by atoms with Gasteiger partial charge in [0.05, 0.1) is 14.6 Å². The van der Waals surface area contributed by atoms with Crippen molar-refractivity contribution in [1.29, 1.82) is 0 Å². The van der Waals surface area contributed by atoms with E-state index >= 15 is 0 Å². The fourth-order valence-electron chi connectivity index (χ4n) is 3.24. The van der Waals surface area contributed by atoms with Crippen LogP contribution in [-0.2, 0) is 5.75 Å². The third-order valence-corrected chi connectivity index (χ3v) is 7.78. The van der Waals surface area contributed by atoms with Crippen molar-refractivity contribution in [3.05, 3.63) is 117 Å². The van der Waals surface area contributed by atoms with Crippen molar-refractivity contribution in [2.24, 2.45) is 0 Å². The predicted octanol–water partition coefficient (Wildman–Crippen LogP) is 7.49. The number of nitrogens with one attached hydrogen (secondary N) is 1. The van der Waals surface area contributed by atoms with E-state index in [1.165, 1.54) is 11.3 Å². The molecular formula is C26H20ClNO2S2. The van der Waals surface area contributed by atoms with Gasteiger partial charge in [-0.2, -0.15) is 0 Å². The average molecular weight is 478 g/mol. The molecule has 0 atom stereocenters.